The quantitative estimate of drug-likeness (QED) is 0.869. The molecule has 1 saturated heterocycles. The third kappa shape index (κ3) is 2.75. The largest absolute Gasteiger partial charge is 0.354 e. The van der Waals surface area contributed by atoms with E-state index >= 15 is 0 Å². The number of nitrogens with zero attached hydrogens (tertiary/aromatic N) is 5. The summed E-state index contributed by atoms with van der Waals surface area (Å²) >= 11 is 2.07. The third-order valence-corrected chi connectivity index (χ3v) is 4.95. The molecule has 3 rings (SSSR count). The molecule has 2 aromatic rings. The van der Waals surface area contributed by atoms with Gasteiger partial charge in [-0.15, -0.1) is 15.3 Å². The second-order valence-corrected chi connectivity index (χ2v) is 6.81. The van der Waals surface area contributed by atoms with Gasteiger partial charge < -0.3 is 4.90 Å². The van der Waals surface area contributed by atoms with E-state index in [4.69, 9.17) is 5.10 Å². The van der Waals surface area contributed by atoms with Crippen LogP contribution in [0.15, 0.2) is 12.1 Å². The van der Waals surface area contributed by atoms with Gasteiger partial charge in [-0.2, -0.15) is 16.3 Å². The van der Waals surface area contributed by atoms with Crippen molar-refractivity contribution >= 4 is 23.2 Å². The van der Waals surface area contributed by atoms with Crippen LogP contribution >= 0.6 is 11.8 Å². The van der Waals surface area contributed by atoms with E-state index in [-0.39, 0.29) is 0 Å². The van der Waals surface area contributed by atoms with E-state index < -0.39 is 0 Å². The summed E-state index contributed by atoms with van der Waals surface area (Å²) in [6.45, 7) is 6.37. The monoisotopic (exact) mass is 291 g/mol. The molecule has 1 aliphatic heterocycles. The fourth-order valence-corrected chi connectivity index (χ4v) is 3.83. The fraction of sp³-hybridized carbons (Fsp3) is 0.643. The molecule has 0 spiro atoms. The van der Waals surface area contributed by atoms with Crippen molar-refractivity contribution in [3.05, 3.63) is 18.0 Å². The molecule has 0 aromatic carbocycles. The first-order valence-corrected chi connectivity index (χ1v) is 8.38. The minimum atomic E-state index is 0.724. The Labute approximate surface area is 123 Å². The Morgan fingerprint density at radius 2 is 2.20 bits per heavy atom. The lowest BCUT2D eigenvalue weighted by atomic mass is 10.2. The van der Waals surface area contributed by atoms with Gasteiger partial charge in [-0.05, 0) is 37.7 Å². The summed E-state index contributed by atoms with van der Waals surface area (Å²) in [5.41, 5.74) is 0.820. The van der Waals surface area contributed by atoms with E-state index in [2.05, 4.69) is 39.8 Å². The molecule has 5 nitrogen and oxygen atoms in total. The lowest BCUT2D eigenvalue weighted by molar-refractivity contribution is 0.734. The Hall–Kier alpha value is -1.30. The maximum atomic E-state index is 4.70. The van der Waals surface area contributed by atoms with Crippen molar-refractivity contribution in [3.63, 3.8) is 0 Å². The molecule has 20 heavy (non-hydrogen) atoms. The molecule has 0 unspecified atom stereocenters. The molecule has 3 heterocycles. The fourth-order valence-electron chi connectivity index (χ4n) is 2.74. The number of hydrogen-bond donors (Lipinski definition) is 0. The maximum Gasteiger partial charge on any atom is 0.178 e. The Kier molecular flexibility index (Phi) is 4.10. The molecule has 1 aliphatic rings. The predicted molar refractivity (Wildman–Crippen MR) is 83.5 cm³/mol. The smallest absolute Gasteiger partial charge is 0.178 e. The second kappa shape index (κ2) is 5.99. The zero-order valence-corrected chi connectivity index (χ0v) is 12.9. The van der Waals surface area contributed by atoms with E-state index in [0.717, 1.165) is 35.6 Å². The summed E-state index contributed by atoms with van der Waals surface area (Å²) < 4.78 is 1.84. The van der Waals surface area contributed by atoms with Crippen LogP contribution in [0.5, 0.6) is 0 Å². The van der Waals surface area contributed by atoms with E-state index in [1.165, 1.54) is 25.0 Å². The van der Waals surface area contributed by atoms with Crippen molar-refractivity contribution in [2.75, 3.05) is 23.7 Å². The average molecular weight is 291 g/mol. The number of thioether (sulfide) groups is 1. The highest BCUT2D eigenvalue weighted by molar-refractivity contribution is 7.99. The van der Waals surface area contributed by atoms with Crippen molar-refractivity contribution in [2.45, 2.75) is 38.4 Å². The third-order valence-electron chi connectivity index (χ3n) is 3.76. The molecule has 0 aliphatic carbocycles. The number of rotatable bonds is 3. The molecule has 0 N–H and O–H groups in total. The first kappa shape index (κ1) is 13.7. The standard InChI is InChI=1S/C14H21N5S/c1-3-20-12-6-4-5-9-18(10-12)14-8-7-13-16-15-11(2)19(13)17-14/h7-8,12H,3-6,9-10H2,1-2H3/t12-/m0/s1. The van der Waals surface area contributed by atoms with Gasteiger partial charge in [0.1, 0.15) is 5.82 Å². The highest BCUT2D eigenvalue weighted by atomic mass is 32.2. The van der Waals surface area contributed by atoms with Crippen molar-refractivity contribution in [3.8, 4) is 0 Å². The second-order valence-electron chi connectivity index (χ2n) is 5.23. The van der Waals surface area contributed by atoms with Crippen molar-refractivity contribution in [1.82, 2.24) is 19.8 Å². The summed E-state index contributed by atoms with van der Waals surface area (Å²) in [7, 11) is 0. The van der Waals surface area contributed by atoms with E-state index in [9.17, 15) is 0 Å². The summed E-state index contributed by atoms with van der Waals surface area (Å²) in [5, 5.41) is 13.6. The van der Waals surface area contributed by atoms with E-state index in [1.54, 1.807) is 0 Å². The maximum absolute atomic E-state index is 4.70. The topological polar surface area (TPSA) is 46.3 Å². The van der Waals surface area contributed by atoms with Gasteiger partial charge in [0.2, 0.25) is 0 Å². The summed E-state index contributed by atoms with van der Waals surface area (Å²) in [4.78, 5) is 2.42. The van der Waals surface area contributed by atoms with Crippen LogP contribution in [0.1, 0.15) is 32.0 Å². The van der Waals surface area contributed by atoms with Crippen LogP contribution in [-0.2, 0) is 0 Å². The van der Waals surface area contributed by atoms with Gasteiger partial charge >= 0.3 is 0 Å². The van der Waals surface area contributed by atoms with Crippen molar-refractivity contribution in [2.24, 2.45) is 0 Å². The predicted octanol–water partition coefficient (Wildman–Crippen LogP) is 2.54. The Balaban J connectivity index is 1.86. The van der Waals surface area contributed by atoms with Crippen LogP contribution in [0, 0.1) is 6.92 Å². The molecule has 0 bridgehead atoms. The first-order valence-electron chi connectivity index (χ1n) is 7.33. The SMILES string of the molecule is CCS[C@H]1CCCCN(c2ccc3nnc(C)n3n2)C1. The highest BCUT2D eigenvalue weighted by Gasteiger charge is 2.19. The van der Waals surface area contributed by atoms with Gasteiger partial charge in [0.15, 0.2) is 11.5 Å². The lowest BCUT2D eigenvalue weighted by Crippen LogP contribution is -2.30. The normalized spacial score (nSPS) is 20.3. The van der Waals surface area contributed by atoms with Crippen LogP contribution < -0.4 is 4.90 Å². The molecule has 0 saturated carbocycles. The minimum absolute atomic E-state index is 0.724. The molecule has 0 radical (unpaired) electrons. The van der Waals surface area contributed by atoms with E-state index in [1.807, 2.05) is 17.5 Å². The van der Waals surface area contributed by atoms with Crippen LogP contribution in [0.2, 0.25) is 0 Å². The zero-order valence-electron chi connectivity index (χ0n) is 12.1. The summed E-state index contributed by atoms with van der Waals surface area (Å²) in [6.07, 6.45) is 3.90. The van der Waals surface area contributed by atoms with E-state index in [0.29, 0.717) is 0 Å². The average Bonchev–Trinajstić information content (AvgIpc) is 2.69. The number of fused-ring (bicyclic) bond motifs is 1. The molecule has 0 amide bonds. The molecular weight excluding hydrogens is 270 g/mol. The molecular formula is C14H21N5S. The number of aryl methyl sites for hydroxylation is 1. The lowest BCUT2D eigenvalue weighted by Gasteiger charge is -2.24. The molecule has 2 aromatic heterocycles. The van der Waals surface area contributed by atoms with Gasteiger partial charge in [-0.25, -0.2) is 0 Å². The Morgan fingerprint density at radius 1 is 1.30 bits per heavy atom. The van der Waals surface area contributed by atoms with Crippen molar-refractivity contribution in [1.29, 1.82) is 0 Å². The van der Waals surface area contributed by atoms with Crippen LogP contribution in [0.4, 0.5) is 5.82 Å². The molecule has 6 heteroatoms. The Bertz CT molecular complexity index is 582. The van der Waals surface area contributed by atoms with Crippen LogP contribution in [-0.4, -0.2) is 43.9 Å². The van der Waals surface area contributed by atoms with Gasteiger partial charge in [0.25, 0.3) is 0 Å². The number of hydrogen-bond acceptors (Lipinski definition) is 5. The minimum Gasteiger partial charge on any atom is -0.354 e. The van der Waals surface area contributed by atoms with Gasteiger partial charge in [-0.1, -0.05) is 13.3 Å². The van der Waals surface area contributed by atoms with Crippen molar-refractivity contribution < 1.29 is 0 Å². The molecule has 1 atom stereocenters. The molecule has 1 fully saturated rings. The summed E-state index contributed by atoms with van der Waals surface area (Å²) in [5.74, 6) is 3.08. The number of aromatic nitrogens is 4. The van der Waals surface area contributed by atoms with Crippen LogP contribution in [0.25, 0.3) is 5.65 Å². The van der Waals surface area contributed by atoms with Crippen LogP contribution in [0.3, 0.4) is 0 Å². The van der Waals surface area contributed by atoms with Gasteiger partial charge in [0.05, 0.1) is 0 Å². The van der Waals surface area contributed by atoms with Gasteiger partial charge in [-0.3, -0.25) is 0 Å². The highest BCUT2D eigenvalue weighted by Crippen LogP contribution is 2.24. The zero-order chi connectivity index (χ0) is 13.9. The molecule has 108 valence electrons. The first-order chi connectivity index (χ1) is 9.78. The van der Waals surface area contributed by atoms with Gasteiger partial charge in [0, 0.05) is 18.3 Å². The Morgan fingerprint density at radius 3 is 3.05 bits per heavy atom. The summed E-state index contributed by atoms with van der Waals surface area (Å²) in [6, 6.07) is 4.08. The number of anilines is 1.